The quantitative estimate of drug-likeness (QED) is 0.839. The maximum atomic E-state index is 12.5. The fraction of sp³-hybridized carbons (Fsp3) is 0.375. The standard InChI is InChI=1S/C16H20N2O4S/c1-4-13(5-2)15(19)17-10-11-18(16(17)20)23(21,22)14-8-6-12(3)7-9-14/h6-11,13H,4-5H2,1-3H3. The van der Waals surface area contributed by atoms with Crippen molar-refractivity contribution in [3.63, 3.8) is 0 Å². The molecule has 0 bridgehead atoms. The highest BCUT2D eigenvalue weighted by Crippen LogP contribution is 2.14. The van der Waals surface area contributed by atoms with Crippen LogP contribution in [0, 0.1) is 12.8 Å². The van der Waals surface area contributed by atoms with Gasteiger partial charge in [-0.05, 0) is 31.9 Å². The van der Waals surface area contributed by atoms with Crippen molar-refractivity contribution in [3.8, 4) is 0 Å². The monoisotopic (exact) mass is 336 g/mol. The van der Waals surface area contributed by atoms with Crippen LogP contribution in [0.3, 0.4) is 0 Å². The zero-order valence-electron chi connectivity index (χ0n) is 13.4. The predicted octanol–water partition coefficient (Wildman–Crippen LogP) is 2.27. The highest BCUT2D eigenvalue weighted by atomic mass is 32.2. The van der Waals surface area contributed by atoms with Crippen LogP contribution in [0.25, 0.3) is 0 Å². The maximum absolute atomic E-state index is 12.5. The second-order valence-corrected chi connectivity index (χ2v) is 7.23. The molecular weight excluding hydrogens is 316 g/mol. The summed E-state index contributed by atoms with van der Waals surface area (Å²) >= 11 is 0. The van der Waals surface area contributed by atoms with Crippen LogP contribution in [0.5, 0.6) is 0 Å². The third-order valence-electron chi connectivity index (χ3n) is 3.90. The summed E-state index contributed by atoms with van der Waals surface area (Å²) in [5.41, 5.74) is 0.0558. The van der Waals surface area contributed by atoms with E-state index in [1.165, 1.54) is 18.3 Å². The molecular formula is C16H20N2O4S. The maximum Gasteiger partial charge on any atom is 0.349 e. The lowest BCUT2D eigenvalue weighted by molar-refractivity contribution is 0.0822. The molecule has 1 heterocycles. The number of rotatable bonds is 5. The van der Waals surface area contributed by atoms with Crippen molar-refractivity contribution in [2.75, 3.05) is 0 Å². The van der Waals surface area contributed by atoms with Crippen molar-refractivity contribution in [2.24, 2.45) is 5.92 Å². The first-order valence-electron chi connectivity index (χ1n) is 7.49. The number of nitrogens with zero attached hydrogens (tertiary/aromatic N) is 2. The number of aromatic nitrogens is 2. The Hall–Kier alpha value is -2.15. The van der Waals surface area contributed by atoms with Crippen molar-refractivity contribution in [1.29, 1.82) is 0 Å². The zero-order chi connectivity index (χ0) is 17.2. The second kappa shape index (κ2) is 6.54. The lowest BCUT2D eigenvalue weighted by Crippen LogP contribution is -2.34. The summed E-state index contributed by atoms with van der Waals surface area (Å²) in [5, 5.41) is 0. The average Bonchev–Trinajstić information content (AvgIpc) is 2.91. The average molecular weight is 336 g/mol. The minimum absolute atomic E-state index is 0.0120. The fourth-order valence-electron chi connectivity index (χ4n) is 2.37. The van der Waals surface area contributed by atoms with Gasteiger partial charge in [0, 0.05) is 18.3 Å². The van der Waals surface area contributed by atoms with E-state index in [4.69, 9.17) is 0 Å². The Kier molecular flexibility index (Phi) is 4.89. The first kappa shape index (κ1) is 17.2. The Balaban J connectivity index is 2.48. The largest absolute Gasteiger partial charge is 0.349 e. The first-order valence-corrected chi connectivity index (χ1v) is 8.93. The van der Waals surface area contributed by atoms with Gasteiger partial charge in [-0.1, -0.05) is 31.5 Å². The Morgan fingerprint density at radius 1 is 1.09 bits per heavy atom. The van der Waals surface area contributed by atoms with Crippen molar-refractivity contribution in [1.82, 2.24) is 8.54 Å². The van der Waals surface area contributed by atoms with Gasteiger partial charge < -0.3 is 0 Å². The normalized spacial score (nSPS) is 11.8. The summed E-state index contributed by atoms with van der Waals surface area (Å²) in [4.78, 5) is 24.7. The Labute approximate surface area is 135 Å². The molecule has 0 aliphatic rings. The minimum Gasteiger partial charge on any atom is -0.274 e. The van der Waals surface area contributed by atoms with Gasteiger partial charge in [-0.25, -0.2) is 17.8 Å². The van der Waals surface area contributed by atoms with Crippen LogP contribution in [-0.2, 0) is 10.0 Å². The molecule has 2 rings (SSSR count). The van der Waals surface area contributed by atoms with Gasteiger partial charge in [-0.3, -0.25) is 4.79 Å². The van der Waals surface area contributed by atoms with Crippen LogP contribution in [0.2, 0.25) is 0 Å². The van der Waals surface area contributed by atoms with Gasteiger partial charge in [0.2, 0.25) is 5.91 Å². The number of imidazole rings is 1. The lowest BCUT2D eigenvalue weighted by Gasteiger charge is -2.10. The highest BCUT2D eigenvalue weighted by molar-refractivity contribution is 7.90. The number of hydrogen-bond donors (Lipinski definition) is 0. The Bertz CT molecular complexity index is 856. The number of carbonyl (C=O) groups is 1. The molecule has 6 nitrogen and oxygen atoms in total. The molecule has 7 heteroatoms. The minimum atomic E-state index is -4.01. The Morgan fingerprint density at radius 3 is 2.17 bits per heavy atom. The summed E-state index contributed by atoms with van der Waals surface area (Å²) < 4.78 is 26.6. The van der Waals surface area contributed by atoms with Crippen LogP contribution in [0.15, 0.2) is 46.3 Å². The molecule has 0 saturated heterocycles. The van der Waals surface area contributed by atoms with Crippen LogP contribution in [0.4, 0.5) is 0 Å². The summed E-state index contributed by atoms with van der Waals surface area (Å²) in [6, 6.07) is 6.20. The van der Waals surface area contributed by atoms with Crippen molar-refractivity contribution >= 4 is 15.9 Å². The van der Waals surface area contributed by atoms with E-state index in [2.05, 4.69) is 0 Å². The molecule has 0 radical (unpaired) electrons. The molecule has 0 N–H and O–H groups in total. The number of carbonyl (C=O) groups excluding carboxylic acids is 1. The molecule has 124 valence electrons. The molecule has 0 amide bonds. The molecule has 1 aromatic heterocycles. The molecule has 0 fully saturated rings. The predicted molar refractivity (Wildman–Crippen MR) is 87.2 cm³/mol. The van der Waals surface area contributed by atoms with E-state index in [1.54, 1.807) is 12.1 Å². The first-order chi connectivity index (χ1) is 10.8. The highest BCUT2D eigenvalue weighted by Gasteiger charge is 2.24. The molecule has 0 aliphatic carbocycles. The van der Waals surface area contributed by atoms with Crippen LogP contribution in [0.1, 0.15) is 37.0 Å². The van der Waals surface area contributed by atoms with Gasteiger partial charge in [-0.2, -0.15) is 3.97 Å². The number of aryl methyl sites for hydroxylation is 1. The molecule has 0 saturated carbocycles. The van der Waals surface area contributed by atoms with Gasteiger partial charge in [0.15, 0.2) is 0 Å². The third kappa shape index (κ3) is 3.14. The van der Waals surface area contributed by atoms with Gasteiger partial charge in [0.25, 0.3) is 10.0 Å². The third-order valence-corrected chi connectivity index (χ3v) is 5.56. The van der Waals surface area contributed by atoms with Crippen molar-refractivity contribution < 1.29 is 13.2 Å². The van der Waals surface area contributed by atoms with Crippen molar-refractivity contribution in [2.45, 2.75) is 38.5 Å². The van der Waals surface area contributed by atoms with Crippen LogP contribution >= 0.6 is 0 Å². The summed E-state index contributed by atoms with van der Waals surface area (Å²) in [6.45, 7) is 5.56. The molecule has 23 heavy (non-hydrogen) atoms. The summed E-state index contributed by atoms with van der Waals surface area (Å²) in [7, 11) is -4.01. The molecule has 1 aromatic carbocycles. The van der Waals surface area contributed by atoms with E-state index in [1.807, 2.05) is 20.8 Å². The van der Waals surface area contributed by atoms with Crippen LogP contribution < -0.4 is 5.69 Å². The molecule has 0 aliphatic heterocycles. The van der Waals surface area contributed by atoms with Crippen molar-refractivity contribution in [3.05, 3.63) is 52.7 Å². The SMILES string of the molecule is CCC(CC)C(=O)n1ccn(S(=O)(=O)c2ccc(C)cc2)c1=O. The van der Waals surface area contributed by atoms with E-state index in [0.717, 1.165) is 16.3 Å². The van der Waals surface area contributed by atoms with Gasteiger partial charge in [0.1, 0.15) is 0 Å². The van der Waals surface area contributed by atoms with E-state index < -0.39 is 15.7 Å². The van der Waals surface area contributed by atoms with E-state index in [0.29, 0.717) is 16.8 Å². The van der Waals surface area contributed by atoms with E-state index in [-0.39, 0.29) is 16.7 Å². The second-order valence-electron chi connectivity index (χ2n) is 5.42. The zero-order valence-corrected chi connectivity index (χ0v) is 14.2. The molecule has 2 aromatic rings. The smallest absolute Gasteiger partial charge is 0.274 e. The Morgan fingerprint density at radius 2 is 1.65 bits per heavy atom. The van der Waals surface area contributed by atoms with Crippen LogP contribution in [-0.4, -0.2) is 22.9 Å². The van der Waals surface area contributed by atoms with Gasteiger partial charge in [0.05, 0.1) is 4.90 Å². The molecule has 0 spiro atoms. The number of benzene rings is 1. The van der Waals surface area contributed by atoms with Gasteiger partial charge in [-0.15, -0.1) is 0 Å². The summed E-state index contributed by atoms with van der Waals surface area (Å²) in [6.07, 6.45) is 3.53. The lowest BCUT2D eigenvalue weighted by atomic mass is 10.0. The number of hydrogen-bond acceptors (Lipinski definition) is 4. The summed E-state index contributed by atoms with van der Waals surface area (Å²) in [5.74, 6) is -0.677. The topological polar surface area (TPSA) is 78.1 Å². The fourth-order valence-corrected chi connectivity index (χ4v) is 3.59. The molecule has 0 unspecified atom stereocenters. The molecule has 0 atom stereocenters. The van der Waals surface area contributed by atoms with E-state index >= 15 is 0 Å². The van der Waals surface area contributed by atoms with Gasteiger partial charge >= 0.3 is 5.69 Å². The van der Waals surface area contributed by atoms with E-state index in [9.17, 15) is 18.0 Å².